The molecule has 1 rings (SSSR count). The molecular weight excluding hydrogens is 323 g/mol. The molecule has 8 heteroatoms. The van der Waals surface area contributed by atoms with E-state index in [4.69, 9.17) is 0 Å². The van der Waals surface area contributed by atoms with Crippen LogP contribution in [0.4, 0.5) is 18.9 Å². The predicted molar refractivity (Wildman–Crippen MR) is 86.0 cm³/mol. The first kappa shape index (κ1) is 19.8. The third-order valence-electron chi connectivity index (χ3n) is 3.24. The Morgan fingerprint density at radius 2 is 1.88 bits per heavy atom. The SMILES string of the molecule is CCCCNC(=O)CNc1cc(C(=O)NCC(F)(F)F)ccc1C. The van der Waals surface area contributed by atoms with Crippen molar-refractivity contribution in [2.24, 2.45) is 0 Å². The summed E-state index contributed by atoms with van der Waals surface area (Å²) >= 11 is 0. The van der Waals surface area contributed by atoms with Crippen LogP contribution in [0.1, 0.15) is 35.7 Å². The molecule has 1 aromatic rings. The van der Waals surface area contributed by atoms with Crippen LogP contribution in [0.2, 0.25) is 0 Å². The number of rotatable bonds is 8. The van der Waals surface area contributed by atoms with Gasteiger partial charge in [-0.1, -0.05) is 19.4 Å². The zero-order valence-corrected chi connectivity index (χ0v) is 13.7. The summed E-state index contributed by atoms with van der Waals surface area (Å²) in [7, 11) is 0. The lowest BCUT2D eigenvalue weighted by molar-refractivity contribution is -0.123. The van der Waals surface area contributed by atoms with Crippen LogP contribution in [0.25, 0.3) is 0 Å². The molecule has 0 aliphatic carbocycles. The fraction of sp³-hybridized carbons (Fsp3) is 0.500. The zero-order chi connectivity index (χ0) is 18.2. The molecule has 0 atom stereocenters. The number of nitrogens with one attached hydrogen (secondary N) is 3. The largest absolute Gasteiger partial charge is 0.405 e. The maximum absolute atomic E-state index is 12.1. The Balaban J connectivity index is 2.62. The summed E-state index contributed by atoms with van der Waals surface area (Å²) in [6, 6.07) is 4.48. The van der Waals surface area contributed by atoms with Crippen LogP contribution in [0.5, 0.6) is 0 Å². The second-order valence-corrected chi connectivity index (χ2v) is 5.38. The second kappa shape index (κ2) is 9.14. The summed E-state index contributed by atoms with van der Waals surface area (Å²) in [6.45, 7) is 3.02. The van der Waals surface area contributed by atoms with Gasteiger partial charge in [0.05, 0.1) is 6.54 Å². The van der Waals surface area contributed by atoms with E-state index in [-0.39, 0.29) is 18.0 Å². The van der Waals surface area contributed by atoms with Gasteiger partial charge >= 0.3 is 6.18 Å². The van der Waals surface area contributed by atoms with Crippen molar-refractivity contribution in [3.63, 3.8) is 0 Å². The normalized spacial score (nSPS) is 11.0. The number of carbonyl (C=O) groups is 2. The van der Waals surface area contributed by atoms with Gasteiger partial charge in [-0.05, 0) is 31.0 Å². The second-order valence-electron chi connectivity index (χ2n) is 5.38. The monoisotopic (exact) mass is 345 g/mol. The molecule has 0 aliphatic heterocycles. The van der Waals surface area contributed by atoms with Crippen molar-refractivity contribution >= 4 is 17.5 Å². The number of hydrogen-bond donors (Lipinski definition) is 3. The van der Waals surface area contributed by atoms with Crippen LogP contribution < -0.4 is 16.0 Å². The van der Waals surface area contributed by atoms with E-state index in [1.54, 1.807) is 13.0 Å². The van der Waals surface area contributed by atoms with Crippen LogP contribution in [-0.4, -0.2) is 37.6 Å². The Labute approximate surface area is 139 Å². The van der Waals surface area contributed by atoms with Gasteiger partial charge in [0.25, 0.3) is 5.91 Å². The van der Waals surface area contributed by atoms with E-state index in [9.17, 15) is 22.8 Å². The smallest absolute Gasteiger partial charge is 0.376 e. The molecule has 0 bridgehead atoms. The van der Waals surface area contributed by atoms with Crippen LogP contribution >= 0.6 is 0 Å². The average Bonchev–Trinajstić information content (AvgIpc) is 2.51. The van der Waals surface area contributed by atoms with E-state index in [2.05, 4.69) is 10.6 Å². The van der Waals surface area contributed by atoms with E-state index in [1.807, 2.05) is 12.2 Å². The number of anilines is 1. The molecule has 0 fully saturated rings. The van der Waals surface area contributed by atoms with Crippen molar-refractivity contribution in [1.29, 1.82) is 0 Å². The number of amides is 2. The van der Waals surface area contributed by atoms with Crippen molar-refractivity contribution in [3.05, 3.63) is 29.3 Å². The Kier molecular flexibility index (Phi) is 7.54. The van der Waals surface area contributed by atoms with E-state index in [0.717, 1.165) is 18.4 Å². The Morgan fingerprint density at radius 3 is 2.50 bits per heavy atom. The number of hydrogen-bond acceptors (Lipinski definition) is 3. The van der Waals surface area contributed by atoms with Crippen LogP contribution in [-0.2, 0) is 4.79 Å². The number of alkyl halides is 3. The van der Waals surface area contributed by atoms with E-state index < -0.39 is 18.6 Å². The first-order valence-electron chi connectivity index (χ1n) is 7.69. The maximum atomic E-state index is 12.1. The highest BCUT2D eigenvalue weighted by molar-refractivity contribution is 5.95. The average molecular weight is 345 g/mol. The summed E-state index contributed by atoms with van der Waals surface area (Å²) < 4.78 is 36.4. The maximum Gasteiger partial charge on any atom is 0.405 e. The Bertz CT molecular complexity index is 574. The molecule has 134 valence electrons. The van der Waals surface area contributed by atoms with Gasteiger partial charge in [0, 0.05) is 17.8 Å². The molecule has 1 aromatic carbocycles. The molecule has 0 saturated heterocycles. The summed E-state index contributed by atoms with van der Waals surface area (Å²) in [5, 5.41) is 7.45. The Hall–Kier alpha value is -2.25. The van der Waals surface area contributed by atoms with Crippen molar-refractivity contribution < 1.29 is 22.8 Å². The van der Waals surface area contributed by atoms with Crippen molar-refractivity contribution in [1.82, 2.24) is 10.6 Å². The molecule has 24 heavy (non-hydrogen) atoms. The molecule has 0 aromatic heterocycles. The van der Waals surface area contributed by atoms with Gasteiger partial charge < -0.3 is 16.0 Å². The highest BCUT2D eigenvalue weighted by Crippen LogP contribution is 2.17. The lowest BCUT2D eigenvalue weighted by Crippen LogP contribution is -2.33. The van der Waals surface area contributed by atoms with Gasteiger partial charge in [0.2, 0.25) is 5.91 Å². The molecular formula is C16H22F3N3O2. The van der Waals surface area contributed by atoms with E-state index in [1.165, 1.54) is 12.1 Å². The third-order valence-corrected chi connectivity index (χ3v) is 3.24. The summed E-state index contributed by atoms with van der Waals surface area (Å²) in [6.07, 6.45) is -2.60. The molecule has 5 nitrogen and oxygen atoms in total. The van der Waals surface area contributed by atoms with Crippen molar-refractivity contribution in [3.8, 4) is 0 Å². The Morgan fingerprint density at radius 1 is 1.17 bits per heavy atom. The number of unbranched alkanes of at least 4 members (excludes halogenated alkanes) is 1. The summed E-state index contributed by atoms with van der Waals surface area (Å²) in [4.78, 5) is 23.4. The molecule has 2 amide bonds. The topological polar surface area (TPSA) is 70.2 Å². The fourth-order valence-corrected chi connectivity index (χ4v) is 1.88. The lowest BCUT2D eigenvalue weighted by atomic mass is 10.1. The van der Waals surface area contributed by atoms with Gasteiger partial charge in [0.15, 0.2) is 0 Å². The molecule has 0 unspecified atom stereocenters. The van der Waals surface area contributed by atoms with Crippen molar-refractivity contribution in [2.75, 3.05) is 25.0 Å². The van der Waals surface area contributed by atoms with Crippen LogP contribution in [0, 0.1) is 6.92 Å². The van der Waals surface area contributed by atoms with E-state index in [0.29, 0.717) is 12.2 Å². The third kappa shape index (κ3) is 7.34. The minimum absolute atomic E-state index is 0.0260. The molecule has 0 saturated carbocycles. The zero-order valence-electron chi connectivity index (χ0n) is 13.7. The number of halogens is 3. The lowest BCUT2D eigenvalue weighted by Gasteiger charge is -2.12. The predicted octanol–water partition coefficient (Wildman–Crippen LogP) is 2.62. The van der Waals surface area contributed by atoms with Crippen molar-refractivity contribution in [2.45, 2.75) is 32.9 Å². The van der Waals surface area contributed by atoms with Gasteiger partial charge in [-0.3, -0.25) is 9.59 Å². The highest BCUT2D eigenvalue weighted by Gasteiger charge is 2.27. The quantitative estimate of drug-likeness (QED) is 0.634. The first-order valence-corrected chi connectivity index (χ1v) is 7.69. The minimum atomic E-state index is -4.46. The first-order chi connectivity index (χ1) is 11.2. The van der Waals surface area contributed by atoms with E-state index >= 15 is 0 Å². The molecule has 0 aliphatic rings. The number of aryl methyl sites for hydroxylation is 1. The number of carbonyl (C=O) groups excluding carboxylic acids is 2. The molecule has 0 radical (unpaired) electrons. The van der Waals surface area contributed by atoms with Gasteiger partial charge in [-0.25, -0.2) is 0 Å². The summed E-state index contributed by atoms with van der Waals surface area (Å²) in [5.41, 5.74) is 1.41. The molecule has 0 heterocycles. The number of benzene rings is 1. The molecule has 0 spiro atoms. The van der Waals surface area contributed by atoms with Crippen LogP contribution in [0.15, 0.2) is 18.2 Å². The standard InChI is InChI=1S/C16H22F3N3O2/c1-3-4-7-20-14(23)9-21-13-8-12(6-5-11(13)2)15(24)22-10-16(17,18)19/h5-6,8,21H,3-4,7,9-10H2,1-2H3,(H,20,23)(H,22,24). The fourth-order valence-electron chi connectivity index (χ4n) is 1.88. The van der Waals surface area contributed by atoms with Gasteiger partial charge in [-0.2, -0.15) is 13.2 Å². The summed E-state index contributed by atoms with van der Waals surface area (Å²) in [5.74, 6) is -1.00. The van der Waals surface area contributed by atoms with Gasteiger partial charge in [-0.15, -0.1) is 0 Å². The van der Waals surface area contributed by atoms with Crippen LogP contribution in [0.3, 0.4) is 0 Å². The minimum Gasteiger partial charge on any atom is -0.376 e. The highest BCUT2D eigenvalue weighted by atomic mass is 19.4. The van der Waals surface area contributed by atoms with Gasteiger partial charge in [0.1, 0.15) is 6.54 Å². The molecule has 3 N–H and O–H groups in total.